The van der Waals surface area contributed by atoms with Gasteiger partial charge in [-0.25, -0.2) is 0 Å². The number of hydrogen-bond acceptors (Lipinski definition) is 0. The highest BCUT2D eigenvalue weighted by molar-refractivity contribution is 4.71. The molecule has 134 valence electrons. The average Bonchev–Trinajstić information content (AvgIpc) is 2.52. The van der Waals surface area contributed by atoms with E-state index in [1.54, 1.807) is 0 Å². The molecule has 0 aromatic rings. The normalized spacial score (nSPS) is 14.2. The SMILES string of the molecule is CCCCCCCC(CCC)C(CCC)CCCCCCC. The second-order valence-corrected chi connectivity index (χ2v) is 7.50. The quantitative estimate of drug-likeness (QED) is 0.236. The van der Waals surface area contributed by atoms with Crippen molar-refractivity contribution in [3.8, 4) is 0 Å². The highest BCUT2D eigenvalue weighted by Gasteiger charge is 2.19. The number of rotatable bonds is 17. The Bertz CT molecular complexity index is 174. The van der Waals surface area contributed by atoms with Crippen LogP contribution in [0, 0.1) is 11.8 Å². The van der Waals surface area contributed by atoms with Crippen LogP contribution in [0.15, 0.2) is 0 Å². The fourth-order valence-electron chi connectivity index (χ4n) is 3.99. The fourth-order valence-corrected chi connectivity index (χ4v) is 3.99. The largest absolute Gasteiger partial charge is 0.0654 e. The Morgan fingerprint density at radius 3 is 1.05 bits per heavy atom. The molecule has 0 aromatic carbocycles. The summed E-state index contributed by atoms with van der Waals surface area (Å²) in [5.74, 6) is 2.05. The zero-order valence-corrected chi connectivity index (χ0v) is 16.5. The topological polar surface area (TPSA) is 0 Å². The molecule has 0 heterocycles. The molecule has 0 spiro atoms. The molecule has 0 aliphatic rings. The monoisotopic (exact) mass is 310 g/mol. The first-order valence-electron chi connectivity index (χ1n) is 10.8. The number of unbranched alkanes of at least 4 members (excludes halogenated alkanes) is 8. The molecule has 0 fully saturated rings. The Morgan fingerprint density at radius 2 is 0.727 bits per heavy atom. The van der Waals surface area contributed by atoms with Gasteiger partial charge in [-0.2, -0.15) is 0 Å². The van der Waals surface area contributed by atoms with Crippen molar-refractivity contribution in [3.05, 3.63) is 0 Å². The minimum atomic E-state index is 1.03. The van der Waals surface area contributed by atoms with Crippen molar-refractivity contribution < 1.29 is 0 Å². The summed E-state index contributed by atoms with van der Waals surface area (Å²) >= 11 is 0. The predicted octanol–water partition coefficient (Wildman–Crippen LogP) is 8.54. The lowest BCUT2D eigenvalue weighted by Gasteiger charge is -2.27. The van der Waals surface area contributed by atoms with Crippen LogP contribution in [0.25, 0.3) is 0 Å². The molecule has 0 rings (SSSR count). The molecule has 0 saturated carbocycles. The summed E-state index contributed by atoms with van der Waals surface area (Å²) < 4.78 is 0. The molecular weight excluding hydrogens is 264 g/mol. The van der Waals surface area contributed by atoms with E-state index in [2.05, 4.69) is 27.7 Å². The van der Waals surface area contributed by atoms with Crippen LogP contribution in [0.4, 0.5) is 0 Å². The zero-order chi connectivity index (χ0) is 16.5. The smallest absolute Gasteiger partial charge is 0.0386 e. The molecule has 2 atom stereocenters. The van der Waals surface area contributed by atoms with Gasteiger partial charge in [-0.05, 0) is 11.8 Å². The molecule has 2 unspecified atom stereocenters. The summed E-state index contributed by atoms with van der Waals surface area (Å²) in [4.78, 5) is 0. The van der Waals surface area contributed by atoms with Crippen LogP contribution in [0.3, 0.4) is 0 Å². The first-order valence-corrected chi connectivity index (χ1v) is 10.8. The second-order valence-electron chi connectivity index (χ2n) is 7.50. The van der Waals surface area contributed by atoms with Crippen molar-refractivity contribution in [2.45, 2.75) is 130 Å². The Labute approximate surface area is 142 Å². The second kappa shape index (κ2) is 17.4. The molecule has 0 nitrogen and oxygen atoms in total. The van der Waals surface area contributed by atoms with Crippen LogP contribution in [0.1, 0.15) is 130 Å². The van der Waals surface area contributed by atoms with Gasteiger partial charge in [-0.15, -0.1) is 0 Å². The highest BCUT2D eigenvalue weighted by Crippen LogP contribution is 2.32. The van der Waals surface area contributed by atoms with Gasteiger partial charge in [-0.3, -0.25) is 0 Å². The van der Waals surface area contributed by atoms with Gasteiger partial charge in [-0.1, -0.05) is 130 Å². The third-order valence-electron chi connectivity index (χ3n) is 5.34. The summed E-state index contributed by atoms with van der Waals surface area (Å²) in [6, 6.07) is 0. The average molecular weight is 311 g/mol. The van der Waals surface area contributed by atoms with Gasteiger partial charge in [0.2, 0.25) is 0 Å². The maximum Gasteiger partial charge on any atom is -0.0386 e. The van der Waals surface area contributed by atoms with Gasteiger partial charge in [0.05, 0.1) is 0 Å². The molecule has 0 heteroatoms. The van der Waals surface area contributed by atoms with Crippen LogP contribution >= 0.6 is 0 Å². The first kappa shape index (κ1) is 22.0. The Balaban J connectivity index is 4.09. The van der Waals surface area contributed by atoms with Crippen molar-refractivity contribution in [1.29, 1.82) is 0 Å². The van der Waals surface area contributed by atoms with Gasteiger partial charge >= 0.3 is 0 Å². The molecule has 0 aromatic heterocycles. The van der Waals surface area contributed by atoms with Crippen LogP contribution in [-0.4, -0.2) is 0 Å². The molecular formula is C22H46. The van der Waals surface area contributed by atoms with E-state index in [0.717, 1.165) is 11.8 Å². The number of hydrogen-bond donors (Lipinski definition) is 0. The van der Waals surface area contributed by atoms with Crippen molar-refractivity contribution in [2.75, 3.05) is 0 Å². The van der Waals surface area contributed by atoms with Crippen LogP contribution in [0.2, 0.25) is 0 Å². The highest BCUT2D eigenvalue weighted by atomic mass is 14.2. The van der Waals surface area contributed by atoms with E-state index in [0.29, 0.717) is 0 Å². The van der Waals surface area contributed by atoms with Crippen molar-refractivity contribution in [1.82, 2.24) is 0 Å². The molecule has 0 aliphatic heterocycles. The lowest BCUT2D eigenvalue weighted by atomic mass is 9.79. The third-order valence-corrected chi connectivity index (χ3v) is 5.34. The maximum atomic E-state index is 2.38. The lowest BCUT2D eigenvalue weighted by molar-refractivity contribution is 0.245. The van der Waals surface area contributed by atoms with Crippen molar-refractivity contribution in [3.63, 3.8) is 0 Å². The molecule has 0 aliphatic carbocycles. The van der Waals surface area contributed by atoms with Crippen LogP contribution in [0.5, 0.6) is 0 Å². The van der Waals surface area contributed by atoms with Crippen molar-refractivity contribution in [2.24, 2.45) is 11.8 Å². The molecule has 22 heavy (non-hydrogen) atoms. The Morgan fingerprint density at radius 1 is 0.364 bits per heavy atom. The fraction of sp³-hybridized carbons (Fsp3) is 1.00. The van der Waals surface area contributed by atoms with Crippen LogP contribution in [-0.2, 0) is 0 Å². The minimum absolute atomic E-state index is 1.03. The molecule has 0 amide bonds. The third kappa shape index (κ3) is 12.5. The lowest BCUT2D eigenvalue weighted by Crippen LogP contribution is -2.15. The summed E-state index contributed by atoms with van der Waals surface area (Å²) in [5, 5.41) is 0. The summed E-state index contributed by atoms with van der Waals surface area (Å²) in [5.41, 5.74) is 0. The minimum Gasteiger partial charge on any atom is -0.0654 e. The first-order chi connectivity index (χ1) is 10.8. The van der Waals surface area contributed by atoms with Gasteiger partial charge in [0.15, 0.2) is 0 Å². The van der Waals surface area contributed by atoms with Gasteiger partial charge in [0, 0.05) is 0 Å². The molecule has 0 radical (unpaired) electrons. The van der Waals surface area contributed by atoms with E-state index >= 15 is 0 Å². The summed E-state index contributed by atoms with van der Waals surface area (Å²) in [7, 11) is 0. The van der Waals surface area contributed by atoms with E-state index < -0.39 is 0 Å². The standard InChI is InChI=1S/C22H46/c1-5-9-11-13-15-19-21(17-7-3)22(18-8-4)20-16-14-12-10-6-2/h21-22H,5-20H2,1-4H3. The molecule has 0 bridgehead atoms. The van der Waals surface area contributed by atoms with Crippen molar-refractivity contribution >= 4 is 0 Å². The molecule has 0 N–H and O–H groups in total. The summed E-state index contributed by atoms with van der Waals surface area (Å²) in [6.07, 6.45) is 23.2. The van der Waals surface area contributed by atoms with Gasteiger partial charge in [0.1, 0.15) is 0 Å². The summed E-state index contributed by atoms with van der Waals surface area (Å²) in [6.45, 7) is 9.40. The van der Waals surface area contributed by atoms with E-state index in [9.17, 15) is 0 Å². The van der Waals surface area contributed by atoms with E-state index in [1.165, 1.54) is 103 Å². The predicted molar refractivity (Wildman–Crippen MR) is 104 cm³/mol. The van der Waals surface area contributed by atoms with Crippen LogP contribution < -0.4 is 0 Å². The molecule has 0 saturated heterocycles. The maximum absolute atomic E-state index is 2.38. The van der Waals surface area contributed by atoms with E-state index in [1.807, 2.05) is 0 Å². The Hall–Kier alpha value is 0. The van der Waals surface area contributed by atoms with E-state index in [4.69, 9.17) is 0 Å². The van der Waals surface area contributed by atoms with Gasteiger partial charge in [0.25, 0.3) is 0 Å². The zero-order valence-electron chi connectivity index (χ0n) is 16.5. The van der Waals surface area contributed by atoms with E-state index in [-0.39, 0.29) is 0 Å². The Kier molecular flexibility index (Phi) is 17.4. The van der Waals surface area contributed by atoms with Gasteiger partial charge < -0.3 is 0 Å².